The van der Waals surface area contributed by atoms with E-state index in [1.807, 2.05) is 0 Å². The van der Waals surface area contributed by atoms with Gasteiger partial charge >= 0.3 is 6.09 Å². The Morgan fingerprint density at radius 1 is 1.32 bits per heavy atom. The summed E-state index contributed by atoms with van der Waals surface area (Å²) in [5, 5.41) is 12.1. The van der Waals surface area contributed by atoms with Crippen molar-refractivity contribution in [3.05, 3.63) is 23.8 Å². The van der Waals surface area contributed by atoms with Gasteiger partial charge in [-0.25, -0.2) is 4.79 Å². The van der Waals surface area contributed by atoms with Crippen molar-refractivity contribution in [3.63, 3.8) is 0 Å². The summed E-state index contributed by atoms with van der Waals surface area (Å²) in [6, 6.07) is 5.25. The highest BCUT2D eigenvalue weighted by atomic mass is 16.6. The van der Waals surface area contributed by atoms with E-state index in [9.17, 15) is 9.90 Å². The molecule has 4 N–H and O–H groups in total. The lowest BCUT2D eigenvalue weighted by atomic mass is 9.93. The Balaban J connectivity index is 3.00. The molecule has 0 aliphatic carbocycles. The summed E-state index contributed by atoms with van der Waals surface area (Å²) < 4.78 is 10.4. The van der Waals surface area contributed by atoms with Crippen LogP contribution >= 0.6 is 0 Å². The molecule has 1 atom stereocenters. The zero-order valence-electron chi connectivity index (χ0n) is 13.9. The van der Waals surface area contributed by atoms with E-state index in [0.29, 0.717) is 17.9 Å². The lowest BCUT2D eigenvalue weighted by Crippen LogP contribution is -2.42. The van der Waals surface area contributed by atoms with Crippen LogP contribution in [0.2, 0.25) is 0 Å². The number of carbonyl (C=O) groups excluding carboxylic acids is 1. The average molecular weight is 310 g/mol. The van der Waals surface area contributed by atoms with Gasteiger partial charge in [-0.15, -0.1) is 0 Å². The van der Waals surface area contributed by atoms with Gasteiger partial charge < -0.3 is 20.3 Å². The Bertz CT molecular complexity index is 521. The van der Waals surface area contributed by atoms with E-state index in [2.05, 4.69) is 5.32 Å². The van der Waals surface area contributed by atoms with Crippen LogP contribution in [0.5, 0.6) is 5.75 Å². The van der Waals surface area contributed by atoms with Crippen LogP contribution in [-0.4, -0.2) is 36.1 Å². The Kier molecular flexibility index (Phi) is 5.79. The second kappa shape index (κ2) is 6.98. The third-order valence-electron chi connectivity index (χ3n) is 2.90. The van der Waals surface area contributed by atoms with Gasteiger partial charge in [0.1, 0.15) is 11.4 Å². The van der Waals surface area contributed by atoms with Crippen molar-refractivity contribution in [1.29, 1.82) is 0 Å². The summed E-state index contributed by atoms with van der Waals surface area (Å²) in [5.74, 6) is 0.651. The second-order valence-electron chi connectivity index (χ2n) is 6.64. The molecule has 1 amide bonds. The zero-order chi connectivity index (χ0) is 17.0. The first-order valence-corrected chi connectivity index (χ1v) is 7.13. The highest BCUT2D eigenvalue weighted by molar-refractivity contribution is 5.86. The molecular weight excluding hydrogens is 284 g/mol. The first-order chi connectivity index (χ1) is 10.1. The van der Waals surface area contributed by atoms with Crippen molar-refractivity contribution in [2.75, 3.05) is 19.0 Å². The van der Waals surface area contributed by atoms with Crippen molar-refractivity contribution < 1.29 is 19.4 Å². The molecule has 0 fully saturated rings. The summed E-state index contributed by atoms with van der Waals surface area (Å²) in [4.78, 5) is 11.9. The summed E-state index contributed by atoms with van der Waals surface area (Å²) in [6.45, 7) is 6.96. The van der Waals surface area contributed by atoms with Crippen LogP contribution in [0.25, 0.3) is 0 Å². The van der Waals surface area contributed by atoms with Crippen molar-refractivity contribution in [1.82, 2.24) is 0 Å². The number of hydrogen-bond donors (Lipinski definition) is 3. The van der Waals surface area contributed by atoms with E-state index in [-0.39, 0.29) is 6.61 Å². The first-order valence-electron chi connectivity index (χ1n) is 7.13. The maximum absolute atomic E-state index is 11.9. The van der Waals surface area contributed by atoms with Crippen LogP contribution < -0.4 is 15.8 Å². The number of hydrogen-bond acceptors (Lipinski definition) is 5. The minimum absolute atomic E-state index is 0.171. The second-order valence-corrected chi connectivity index (χ2v) is 6.64. The van der Waals surface area contributed by atoms with Crippen LogP contribution in [0.3, 0.4) is 0 Å². The molecule has 0 spiro atoms. The molecule has 1 aromatic rings. The molecule has 0 aliphatic rings. The minimum Gasteiger partial charge on any atom is -0.497 e. The van der Waals surface area contributed by atoms with Crippen molar-refractivity contribution in [3.8, 4) is 5.75 Å². The van der Waals surface area contributed by atoms with E-state index in [0.717, 1.165) is 5.56 Å². The standard InChI is InChI=1S/C16H26N2O4/c1-15(2,3)22-14(20)18-13-7-6-12(21-5)8-11(13)9-16(4,17)10-19/h6-8,19H,9-10,17H2,1-5H3,(H,18,20). The summed E-state index contributed by atoms with van der Waals surface area (Å²) in [6.07, 6.45) is -0.159. The molecule has 0 aromatic heterocycles. The molecule has 6 heteroatoms. The first kappa shape index (κ1) is 18.3. The Hall–Kier alpha value is -1.79. The van der Waals surface area contributed by atoms with Crippen LogP contribution in [0.1, 0.15) is 33.3 Å². The number of rotatable bonds is 5. The lowest BCUT2D eigenvalue weighted by Gasteiger charge is -2.24. The van der Waals surface area contributed by atoms with E-state index in [4.69, 9.17) is 15.2 Å². The fourth-order valence-electron chi connectivity index (χ4n) is 1.87. The number of nitrogens with two attached hydrogens (primary N) is 1. The van der Waals surface area contributed by atoms with E-state index in [1.165, 1.54) is 0 Å². The van der Waals surface area contributed by atoms with Gasteiger partial charge in [0.2, 0.25) is 0 Å². The molecule has 124 valence electrons. The van der Waals surface area contributed by atoms with E-state index >= 15 is 0 Å². The lowest BCUT2D eigenvalue weighted by molar-refractivity contribution is 0.0635. The molecule has 0 saturated carbocycles. The predicted molar refractivity (Wildman–Crippen MR) is 86.2 cm³/mol. The molecule has 0 radical (unpaired) electrons. The van der Waals surface area contributed by atoms with Gasteiger partial charge in [-0.1, -0.05) is 0 Å². The van der Waals surface area contributed by atoms with Gasteiger partial charge in [0.15, 0.2) is 0 Å². The Morgan fingerprint density at radius 3 is 2.45 bits per heavy atom. The third kappa shape index (κ3) is 5.91. The molecule has 1 aromatic carbocycles. The Labute approximate surface area is 131 Å². The smallest absolute Gasteiger partial charge is 0.412 e. The summed E-state index contributed by atoms with van der Waals surface area (Å²) in [7, 11) is 1.56. The molecule has 0 saturated heterocycles. The average Bonchev–Trinajstić information content (AvgIpc) is 2.38. The molecular formula is C16H26N2O4. The summed E-state index contributed by atoms with van der Waals surface area (Å²) in [5.41, 5.74) is 5.98. The largest absolute Gasteiger partial charge is 0.497 e. The Morgan fingerprint density at radius 2 is 1.95 bits per heavy atom. The molecule has 0 aliphatic heterocycles. The quantitative estimate of drug-likeness (QED) is 0.776. The monoisotopic (exact) mass is 310 g/mol. The topological polar surface area (TPSA) is 93.8 Å². The number of methoxy groups -OCH3 is 1. The molecule has 1 unspecified atom stereocenters. The number of ether oxygens (including phenoxy) is 2. The number of anilines is 1. The van der Waals surface area contributed by atoms with Crippen molar-refractivity contribution in [2.24, 2.45) is 5.73 Å². The fourth-order valence-corrected chi connectivity index (χ4v) is 1.87. The van der Waals surface area contributed by atoms with Crippen LogP contribution in [0, 0.1) is 0 Å². The minimum atomic E-state index is -0.795. The summed E-state index contributed by atoms with van der Waals surface area (Å²) >= 11 is 0. The van der Waals surface area contributed by atoms with Crippen LogP contribution in [-0.2, 0) is 11.2 Å². The maximum atomic E-state index is 11.9. The van der Waals surface area contributed by atoms with E-state index in [1.54, 1.807) is 53.0 Å². The highest BCUT2D eigenvalue weighted by Gasteiger charge is 2.22. The SMILES string of the molecule is COc1ccc(NC(=O)OC(C)(C)C)c(CC(C)(N)CO)c1. The number of benzene rings is 1. The molecule has 6 nitrogen and oxygen atoms in total. The van der Waals surface area contributed by atoms with E-state index < -0.39 is 17.2 Å². The van der Waals surface area contributed by atoms with Gasteiger partial charge in [0.05, 0.1) is 13.7 Å². The maximum Gasteiger partial charge on any atom is 0.412 e. The number of nitrogens with one attached hydrogen (secondary N) is 1. The number of aliphatic hydroxyl groups excluding tert-OH is 1. The fraction of sp³-hybridized carbons (Fsp3) is 0.562. The van der Waals surface area contributed by atoms with Gasteiger partial charge in [0, 0.05) is 11.2 Å². The van der Waals surface area contributed by atoms with Gasteiger partial charge in [-0.2, -0.15) is 0 Å². The van der Waals surface area contributed by atoms with Gasteiger partial charge in [0.25, 0.3) is 0 Å². The number of aliphatic hydroxyl groups is 1. The third-order valence-corrected chi connectivity index (χ3v) is 2.90. The predicted octanol–water partition coefficient (Wildman–Crippen LogP) is 2.29. The normalized spacial score (nSPS) is 14.1. The number of carbonyl (C=O) groups is 1. The van der Waals surface area contributed by atoms with Gasteiger partial charge in [-0.05, 0) is 57.9 Å². The molecule has 1 rings (SSSR count). The molecule has 0 bridgehead atoms. The van der Waals surface area contributed by atoms with Crippen LogP contribution in [0.4, 0.5) is 10.5 Å². The zero-order valence-corrected chi connectivity index (χ0v) is 13.9. The highest BCUT2D eigenvalue weighted by Crippen LogP contribution is 2.26. The van der Waals surface area contributed by atoms with Gasteiger partial charge in [-0.3, -0.25) is 5.32 Å². The number of amides is 1. The molecule has 0 heterocycles. The van der Waals surface area contributed by atoms with Crippen LogP contribution in [0.15, 0.2) is 18.2 Å². The van der Waals surface area contributed by atoms with Crippen molar-refractivity contribution in [2.45, 2.75) is 45.3 Å². The molecule has 22 heavy (non-hydrogen) atoms. The van der Waals surface area contributed by atoms with Crippen molar-refractivity contribution >= 4 is 11.8 Å².